The van der Waals surface area contributed by atoms with E-state index in [9.17, 15) is 24.3 Å². The molecule has 3 N–H and O–H groups in total. The topological polar surface area (TPSA) is 134 Å². The van der Waals surface area contributed by atoms with Gasteiger partial charge in [0.25, 0.3) is 0 Å². The average molecular weight is 688 g/mol. The lowest BCUT2D eigenvalue weighted by atomic mass is 9.98. The lowest BCUT2D eigenvalue weighted by Gasteiger charge is -2.35. The normalized spacial score (nSPS) is 13.4. The predicted molar refractivity (Wildman–Crippen MR) is 193 cm³/mol. The van der Waals surface area contributed by atoms with Crippen molar-refractivity contribution in [2.24, 2.45) is 0 Å². The molecule has 270 valence electrons. The van der Waals surface area contributed by atoms with Crippen molar-refractivity contribution in [1.82, 2.24) is 15.5 Å². The Kier molecular flexibility index (Phi) is 14.0. The highest BCUT2D eigenvalue weighted by Crippen LogP contribution is 2.26. The Balaban J connectivity index is 2.10. The lowest BCUT2D eigenvalue weighted by Crippen LogP contribution is -2.55. The smallest absolute Gasteiger partial charge is 0.408 e. The summed E-state index contributed by atoms with van der Waals surface area (Å²) in [4.78, 5) is 57.4. The number of aromatic hydroxyl groups is 1. The fourth-order valence-corrected chi connectivity index (χ4v) is 5.30. The average Bonchev–Trinajstić information content (AvgIpc) is 3.02. The largest absolute Gasteiger partial charge is 0.508 e. The molecule has 10 nitrogen and oxygen atoms in total. The van der Waals surface area contributed by atoms with Crippen LogP contribution in [-0.2, 0) is 36.7 Å². The highest BCUT2D eigenvalue weighted by Gasteiger charge is 2.38. The summed E-state index contributed by atoms with van der Waals surface area (Å²) >= 11 is 0. The number of esters is 1. The van der Waals surface area contributed by atoms with Gasteiger partial charge < -0.3 is 30.1 Å². The number of nitrogens with one attached hydrogen (secondary N) is 2. The molecule has 0 aliphatic heterocycles. The molecule has 3 atom stereocenters. The Bertz CT molecular complexity index is 1560. The Morgan fingerprint density at radius 3 is 1.86 bits per heavy atom. The quantitative estimate of drug-likeness (QED) is 0.163. The van der Waals surface area contributed by atoms with Crippen LogP contribution in [0.3, 0.4) is 0 Å². The molecule has 0 fully saturated rings. The summed E-state index contributed by atoms with van der Waals surface area (Å²) in [6.45, 7) is 14.6. The number of rotatable bonds is 14. The SMILES string of the molecule is CCCCN(C(=O)C(Cc1ccc(O)cc1)NC(=O)OC(C)(C)C)C(C(=O)NC(Cc1ccccc1)C(=O)OC(C)(C)C)c1ccc(C)cc1. The first-order valence-electron chi connectivity index (χ1n) is 17.2. The second-order valence-electron chi connectivity index (χ2n) is 14.6. The standard InChI is InChI=1S/C40H53N3O7/c1-9-10-24-43(36(46)32(42-38(48)50-40(6,7)8)25-29-18-22-31(44)23-19-29)34(30-20-16-27(2)17-21-30)35(45)41-33(37(47)49-39(3,4)5)26-28-14-12-11-13-15-28/h11-23,32-34,44H,9-10,24-26H2,1-8H3,(H,41,45)(H,42,48). The molecule has 0 aromatic heterocycles. The fourth-order valence-electron chi connectivity index (χ4n) is 5.30. The van der Waals surface area contributed by atoms with Gasteiger partial charge in [0.1, 0.15) is 35.1 Å². The van der Waals surface area contributed by atoms with E-state index in [2.05, 4.69) is 10.6 Å². The van der Waals surface area contributed by atoms with E-state index >= 15 is 0 Å². The van der Waals surface area contributed by atoms with Crippen LogP contribution in [0.15, 0.2) is 78.9 Å². The van der Waals surface area contributed by atoms with E-state index in [1.807, 2.05) is 56.3 Å². The lowest BCUT2D eigenvalue weighted by molar-refractivity contribution is -0.159. The number of phenolic OH excluding ortho intramolecular Hbond substituents is 1. The van der Waals surface area contributed by atoms with Crippen LogP contribution in [0.2, 0.25) is 0 Å². The van der Waals surface area contributed by atoms with Gasteiger partial charge in [0.15, 0.2) is 0 Å². The minimum atomic E-state index is -1.15. The van der Waals surface area contributed by atoms with Crippen LogP contribution >= 0.6 is 0 Å². The van der Waals surface area contributed by atoms with Crippen LogP contribution in [0.1, 0.15) is 89.6 Å². The molecular weight excluding hydrogens is 634 g/mol. The van der Waals surface area contributed by atoms with E-state index < -0.39 is 53.2 Å². The van der Waals surface area contributed by atoms with Crippen LogP contribution in [0.5, 0.6) is 5.75 Å². The van der Waals surface area contributed by atoms with Crippen LogP contribution in [-0.4, -0.2) is 63.7 Å². The Labute approximate surface area is 296 Å². The molecule has 10 heteroatoms. The third kappa shape index (κ3) is 12.9. The first kappa shape index (κ1) is 39.6. The van der Waals surface area contributed by atoms with E-state index in [-0.39, 0.29) is 25.1 Å². The van der Waals surface area contributed by atoms with Crippen LogP contribution in [0.4, 0.5) is 4.79 Å². The van der Waals surface area contributed by atoms with Crippen molar-refractivity contribution in [2.75, 3.05) is 6.54 Å². The monoisotopic (exact) mass is 687 g/mol. The van der Waals surface area contributed by atoms with Crippen molar-refractivity contribution < 1.29 is 33.8 Å². The molecule has 0 bridgehead atoms. The molecule has 3 aromatic carbocycles. The van der Waals surface area contributed by atoms with E-state index in [0.717, 1.165) is 17.5 Å². The maximum atomic E-state index is 14.7. The van der Waals surface area contributed by atoms with Crippen LogP contribution in [0.25, 0.3) is 0 Å². The molecule has 0 aliphatic rings. The number of hydrogen-bond donors (Lipinski definition) is 3. The third-order valence-electron chi connectivity index (χ3n) is 7.64. The molecule has 0 radical (unpaired) electrons. The summed E-state index contributed by atoms with van der Waals surface area (Å²) in [7, 11) is 0. The van der Waals surface area contributed by atoms with Gasteiger partial charge in [-0.25, -0.2) is 9.59 Å². The molecule has 3 amide bonds. The summed E-state index contributed by atoms with van der Waals surface area (Å²) in [5, 5.41) is 15.5. The van der Waals surface area contributed by atoms with Gasteiger partial charge >= 0.3 is 12.1 Å². The molecule has 50 heavy (non-hydrogen) atoms. The molecule has 0 heterocycles. The number of hydrogen-bond acceptors (Lipinski definition) is 7. The number of unbranched alkanes of at least 4 members (excludes halogenated alkanes) is 1. The molecule has 3 unspecified atom stereocenters. The van der Waals surface area contributed by atoms with Gasteiger partial charge in [-0.1, -0.05) is 85.6 Å². The summed E-state index contributed by atoms with van der Waals surface area (Å²) in [6.07, 6.45) is 0.753. The first-order valence-corrected chi connectivity index (χ1v) is 17.2. The van der Waals surface area contributed by atoms with Gasteiger partial charge in [0.05, 0.1) is 0 Å². The minimum absolute atomic E-state index is 0.0625. The van der Waals surface area contributed by atoms with Gasteiger partial charge in [-0.3, -0.25) is 9.59 Å². The number of benzene rings is 3. The van der Waals surface area contributed by atoms with E-state index in [4.69, 9.17) is 9.47 Å². The summed E-state index contributed by atoms with van der Waals surface area (Å²) < 4.78 is 11.3. The molecule has 3 aromatic rings. The second kappa shape index (κ2) is 17.7. The Morgan fingerprint density at radius 2 is 1.30 bits per heavy atom. The maximum Gasteiger partial charge on any atom is 0.408 e. The number of alkyl carbamates (subject to hydrolysis) is 1. The number of carbonyl (C=O) groups excluding carboxylic acids is 4. The zero-order chi connectivity index (χ0) is 37.1. The predicted octanol–water partition coefficient (Wildman–Crippen LogP) is 6.58. The molecule has 0 saturated heterocycles. The Morgan fingerprint density at radius 1 is 0.740 bits per heavy atom. The number of nitrogens with zero attached hydrogens (tertiary/aromatic N) is 1. The van der Waals surface area contributed by atoms with Crippen molar-refractivity contribution in [1.29, 1.82) is 0 Å². The molecule has 0 aliphatic carbocycles. The second-order valence-corrected chi connectivity index (χ2v) is 14.6. The number of aryl methyl sites for hydroxylation is 1. The van der Waals surface area contributed by atoms with Crippen molar-refractivity contribution >= 4 is 23.9 Å². The van der Waals surface area contributed by atoms with Gasteiger partial charge in [0.2, 0.25) is 11.8 Å². The number of phenols is 1. The van der Waals surface area contributed by atoms with Crippen LogP contribution < -0.4 is 10.6 Å². The highest BCUT2D eigenvalue weighted by molar-refractivity contribution is 5.94. The van der Waals surface area contributed by atoms with Gasteiger partial charge in [-0.2, -0.15) is 0 Å². The van der Waals surface area contributed by atoms with Crippen molar-refractivity contribution in [3.05, 3.63) is 101 Å². The van der Waals surface area contributed by atoms with Gasteiger partial charge in [-0.15, -0.1) is 0 Å². The third-order valence-corrected chi connectivity index (χ3v) is 7.64. The van der Waals surface area contributed by atoms with E-state index in [0.29, 0.717) is 17.5 Å². The van der Waals surface area contributed by atoms with E-state index in [1.165, 1.54) is 17.0 Å². The van der Waals surface area contributed by atoms with Crippen molar-refractivity contribution in [2.45, 2.75) is 110 Å². The Hall–Kier alpha value is -4.86. The highest BCUT2D eigenvalue weighted by atomic mass is 16.6. The summed E-state index contributed by atoms with van der Waals surface area (Å²) in [5.41, 5.74) is 1.39. The summed E-state index contributed by atoms with van der Waals surface area (Å²) in [5.74, 6) is -1.60. The van der Waals surface area contributed by atoms with Gasteiger partial charge in [0, 0.05) is 19.4 Å². The molecular formula is C40H53N3O7. The molecule has 0 spiro atoms. The molecule has 3 rings (SSSR count). The fraction of sp³-hybridized carbons (Fsp3) is 0.450. The zero-order valence-electron chi connectivity index (χ0n) is 30.6. The number of carbonyl (C=O) groups is 4. The first-order chi connectivity index (χ1) is 23.5. The number of ether oxygens (including phenoxy) is 2. The van der Waals surface area contributed by atoms with E-state index in [1.54, 1.807) is 65.8 Å². The van der Waals surface area contributed by atoms with Crippen LogP contribution in [0, 0.1) is 6.92 Å². The number of amides is 3. The van der Waals surface area contributed by atoms with Crippen molar-refractivity contribution in [3.63, 3.8) is 0 Å². The van der Waals surface area contributed by atoms with Gasteiger partial charge in [-0.05, 0) is 83.7 Å². The summed E-state index contributed by atoms with van der Waals surface area (Å²) in [6, 6.07) is 19.6. The minimum Gasteiger partial charge on any atom is -0.508 e. The maximum absolute atomic E-state index is 14.7. The van der Waals surface area contributed by atoms with Crippen molar-refractivity contribution in [3.8, 4) is 5.75 Å². The zero-order valence-corrected chi connectivity index (χ0v) is 30.6. The molecule has 0 saturated carbocycles.